The lowest BCUT2D eigenvalue weighted by molar-refractivity contribution is 0.226. The van der Waals surface area contributed by atoms with Gasteiger partial charge in [-0.25, -0.2) is 9.97 Å². The molecule has 5 nitrogen and oxygen atoms in total. The monoisotopic (exact) mass is 277 g/mol. The summed E-state index contributed by atoms with van der Waals surface area (Å²) < 4.78 is 0. The zero-order chi connectivity index (χ0) is 14.4. The first kappa shape index (κ1) is 15.0. The van der Waals surface area contributed by atoms with E-state index in [4.69, 9.17) is 0 Å². The fraction of sp³-hybridized carbons (Fsp3) is 0.733. The molecule has 0 spiro atoms. The van der Waals surface area contributed by atoms with Gasteiger partial charge in [0.05, 0.1) is 0 Å². The summed E-state index contributed by atoms with van der Waals surface area (Å²) in [5.41, 5.74) is 1.12. The van der Waals surface area contributed by atoms with Crippen molar-refractivity contribution < 1.29 is 0 Å². The van der Waals surface area contributed by atoms with Crippen molar-refractivity contribution >= 4 is 11.6 Å². The molecule has 0 aromatic carbocycles. The fourth-order valence-corrected chi connectivity index (χ4v) is 2.67. The molecule has 2 heterocycles. The molecule has 112 valence electrons. The van der Waals surface area contributed by atoms with Crippen molar-refractivity contribution in [3.05, 3.63) is 11.9 Å². The fourth-order valence-electron chi connectivity index (χ4n) is 2.67. The predicted molar refractivity (Wildman–Crippen MR) is 84.3 cm³/mol. The Morgan fingerprint density at radius 3 is 2.85 bits per heavy atom. The molecule has 2 rings (SSSR count). The number of likely N-dealkylation sites (N-methyl/N-ethyl adjacent to an activating group) is 1. The number of rotatable bonds is 6. The Hall–Kier alpha value is -1.36. The average molecular weight is 277 g/mol. The third-order valence-electron chi connectivity index (χ3n) is 3.92. The molecule has 0 radical (unpaired) electrons. The minimum absolute atomic E-state index is 0.497. The quantitative estimate of drug-likeness (QED) is 0.837. The summed E-state index contributed by atoms with van der Waals surface area (Å²) >= 11 is 0. The maximum Gasteiger partial charge on any atom is 0.134 e. The van der Waals surface area contributed by atoms with Crippen molar-refractivity contribution in [2.75, 3.05) is 36.8 Å². The van der Waals surface area contributed by atoms with E-state index in [1.807, 2.05) is 0 Å². The highest BCUT2D eigenvalue weighted by Gasteiger charge is 2.19. The average Bonchev–Trinajstić information content (AvgIpc) is 2.48. The summed E-state index contributed by atoms with van der Waals surface area (Å²) in [6, 6.07) is 0.497. The minimum Gasteiger partial charge on any atom is -0.370 e. The second-order valence-electron chi connectivity index (χ2n) is 5.50. The van der Waals surface area contributed by atoms with Crippen LogP contribution in [-0.2, 0) is 0 Å². The molecule has 1 saturated heterocycles. The molecule has 1 aromatic heterocycles. The van der Waals surface area contributed by atoms with Gasteiger partial charge in [-0.3, -0.25) is 0 Å². The largest absolute Gasteiger partial charge is 0.370 e. The van der Waals surface area contributed by atoms with E-state index >= 15 is 0 Å². The smallest absolute Gasteiger partial charge is 0.134 e. The van der Waals surface area contributed by atoms with Crippen LogP contribution in [0, 0.1) is 6.92 Å². The molecular weight excluding hydrogens is 250 g/mol. The van der Waals surface area contributed by atoms with Crippen LogP contribution in [0.15, 0.2) is 6.33 Å². The lowest BCUT2D eigenvalue weighted by atomic mass is 10.1. The van der Waals surface area contributed by atoms with Gasteiger partial charge in [-0.05, 0) is 39.3 Å². The molecule has 5 heteroatoms. The van der Waals surface area contributed by atoms with Gasteiger partial charge in [-0.2, -0.15) is 0 Å². The Balaban J connectivity index is 2.01. The Bertz CT molecular complexity index is 421. The number of nitrogens with zero attached hydrogens (tertiary/aromatic N) is 3. The highest BCUT2D eigenvalue weighted by molar-refractivity contribution is 5.56. The van der Waals surface area contributed by atoms with Gasteiger partial charge in [0.2, 0.25) is 0 Å². The van der Waals surface area contributed by atoms with Crippen molar-refractivity contribution in [3.63, 3.8) is 0 Å². The molecule has 0 saturated carbocycles. The van der Waals surface area contributed by atoms with Gasteiger partial charge >= 0.3 is 0 Å². The zero-order valence-electron chi connectivity index (χ0n) is 12.9. The van der Waals surface area contributed by atoms with Gasteiger partial charge in [0.25, 0.3) is 0 Å². The highest BCUT2D eigenvalue weighted by atomic mass is 15.2. The number of hydrogen-bond acceptors (Lipinski definition) is 5. The maximum absolute atomic E-state index is 4.41. The van der Waals surface area contributed by atoms with E-state index in [0.717, 1.165) is 43.3 Å². The zero-order valence-corrected chi connectivity index (χ0v) is 12.9. The van der Waals surface area contributed by atoms with Gasteiger partial charge in [-0.15, -0.1) is 0 Å². The molecule has 1 atom stereocenters. The molecule has 1 aliphatic rings. The summed E-state index contributed by atoms with van der Waals surface area (Å²) in [4.78, 5) is 11.2. The number of aromatic nitrogens is 2. The normalized spacial score (nSPS) is 19.9. The first-order chi connectivity index (χ1) is 9.74. The summed E-state index contributed by atoms with van der Waals surface area (Å²) in [7, 11) is 0. The lowest BCUT2D eigenvalue weighted by Crippen LogP contribution is -2.42. The molecule has 1 unspecified atom stereocenters. The number of piperidine rings is 1. The molecular formula is C15H27N5. The van der Waals surface area contributed by atoms with Crippen molar-refractivity contribution in [1.29, 1.82) is 0 Å². The van der Waals surface area contributed by atoms with Crippen LogP contribution >= 0.6 is 0 Å². The molecule has 1 fully saturated rings. The van der Waals surface area contributed by atoms with E-state index in [0.29, 0.717) is 6.04 Å². The Morgan fingerprint density at radius 1 is 1.30 bits per heavy atom. The second-order valence-corrected chi connectivity index (χ2v) is 5.50. The van der Waals surface area contributed by atoms with Crippen molar-refractivity contribution in [2.24, 2.45) is 0 Å². The molecule has 0 amide bonds. The number of nitrogens with one attached hydrogen (secondary N) is 2. The summed E-state index contributed by atoms with van der Waals surface area (Å²) in [6.45, 7) is 10.9. The summed E-state index contributed by atoms with van der Waals surface area (Å²) in [6.07, 6.45) is 5.22. The van der Waals surface area contributed by atoms with E-state index in [2.05, 4.69) is 46.3 Å². The van der Waals surface area contributed by atoms with E-state index in [1.54, 1.807) is 6.33 Å². The number of anilines is 2. The van der Waals surface area contributed by atoms with E-state index in [9.17, 15) is 0 Å². The molecule has 1 aliphatic heterocycles. The molecule has 1 aromatic rings. The topological polar surface area (TPSA) is 53.1 Å². The standard InChI is InChI=1S/C15H27N5/c1-4-8-16-14-12(3)15(18-11-17-14)19-13-7-6-9-20(5-2)10-13/h11,13H,4-10H2,1-3H3,(H2,16,17,18,19). The van der Waals surface area contributed by atoms with Crippen LogP contribution in [0.1, 0.15) is 38.7 Å². The van der Waals surface area contributed by atoms with E-state index in [1.165, 1.54) is 19.4 Å². The van der Waals surface area contributed by atoms with Crippen LogP contribution in [-0.4, -0.2) is 47.1 Å². The van der Waals surface area contributed by atoms with Crippen LogP contribution < -0.4 is 10.6 Å². The Morgan fingerprint density at radius 2 is 2.10 bits per heavy atom. The van der Waals surface area contributed by atoms with Crippen molar-refractivity contribution in [1.82, 2.24) is 14.9 Å². The molecule has 20 heavy (non-hydrogen) atoms. The van der Waals surface area contributed by atoms with Crippen molar-refractivity contribution in [2.45, 2.75) is 46.1 Å². The minimum atomic E-state index is 0.497. The van der Waals surface area contributed by atoms with Crippen molar-refractivity contribution in [3.8, 4) is 0 Å². The van der Waals surface area contributed by atoms with Gasteiger partial charge in [0.15, 0.2) is 0 Å². The molecule has 0 aliphatic carbocycles. The van der Waals surface area contributed by atoms with E-state index < -0.39 is 0 Å². The van der Waals surface area contributed by atoms with Gasteiger partial charge in [-0.1, -0.05) is 13.8 Å². The SMILES string of the molecule is CCCNc1ncnc(NC2CCCN(CC)C2)c1C. The molecule has 0 bridgehead atoms. The Labute approximate surface area is 122 Å². The first-order valence-corrected chi connectivity index (χ1v) is 7.79. The first-order valence-electron chi connectivity index (χ1n) is 7.79. The van der Waals surface area contributed by atoms with E-state index in [-0.39, 0.29) is 0 Å². The maximum atomic E-state index is 4.41. The van der Waals surface area contributed by atoms with Gasteiger partial charge < -0.3 is 15.5 Å². The van der Waals surface area contributed by atoms with Crippen LogP contribution in [0.2, 0.25) is 0 Å². The third kappa shape index (κ3) is 3.82. The lowest BCUT2D eigenvalue weighted by Gasteiger charge is -2.32. The van der Waals surface area contributed by atoms with Crippen LogP contribution in [0.25, 0.3) is 0 Å². The van der Waals surface area contributed by atoms with Crippen LogP contribution in [0.5, 0.6) is 0 Å². The number of hydrogen-bond donors (Lipinski definition) is 2. The van der Waals surface area contributed by atoms with Gasteiger partial charge in [0.1, 0.15) is 18.0 Å². The number of likely N-dealkylation sites (tertiary alicyclic amines) is 1. The second kappa shape index (κ2) is 7.43. The molecule has 2 N–H and O–H groups in total. The predicted octanol–water partition coefficient (Wildman–Crippen LogP) is 2.50. The van der Waals surface area contributed by atoms with Gasteiger partial charge in [0, 0.05) is 24.7 Å². The van der Waals surface area contributed by atoms with Crippen LogP contribution in [0.4, 0.5) is 11.6 Å². The third-order valence-corrected chi connectivity index (χ3v) is 3.92. The summed E-state index contributed by atoms with van der Waals surface area (Å²) in [5, 5.41) is 6.96. The Kier molecular flexibility index (Phi) is 5.59. The van der Waals surface area contributed by atoms with Crippen LogP contribution in [0.3, 0.4) is 0 Å². The highest BCUT2D eigenvalue weighted by Crippen LogP contribution is 2.21. The summed E-state index contributed by atoms with van der Waals surface area (Å²) in [5.74, 6) is 1.93.